The van der Waals surface area contributed by atoms with Crippen molar-refractivity contribution in [3.05, 3.63) is 166 Å². The van der Waals surface area contributed by atoms with Gasteiger partial charge in [0, 0.05) is 35.7 Å². The van der Waals surface area contributed by atoms with Gasteiger partial charge in [-0.15, -0.1) is 0 Å². The van der Waals surface area contributed by atoms with Gasteiger partial charge in [0.15, 0.2) is 35.3 Å². The lowest BCUT2D eigenvalue weighted by Gasteiger charge is -2.07. The summed E-state index contributed by atoms with van der Waals surface area (Å²) in [7, 11) is 2.53. The Bertz CT molecular complexity index is 2630. The molecule has 4 heterocycles. The summed E-state index contributed by atoms with van der Waals surface area (Å²) in [6.45, 7) is -0.187. The Balaban J connectivity index is 0.000000205. The molecule has 0 amide bonds. The molecule has 7 rings (SSSR count). The van der Waals surface area contributed by atoms with Gasteiger partial charge in [0.1, 0.15) is 24.6 Å². The van der Waals surface area contributed by atoms with E-state index < -0.39 is 35.2 Å². The second-order valence-electron chi connectivity index (χ2n) is 12.2. The van der Waals surface area contributed by atoms with E-state index in [1.54, 1.807) is 6.08 Å². The van der Waals surface area contributed by atoms with Gasteiger partial charge < -0.3 is 28.0 Å². The highest BCUT2D eigenvalue weighted by molar-refractivity contribution is 5.89. The summed E-state index contributed by atoms with van der Waals surface area (Å²) in [5, 5.41) is 7.78. The number of rotatable bonds is 13. The van der Waals surface area contributed by atoms with E-state index in [2.05, 4.69) is 29.8 Å². The van der Waals surface area contributed by atoms with Crippen molar-refractivity contribution in [3.63, 3.8) is 0 Å². The predicted molar refractivity (Wildman–Crippen MR) is 204 cm³/mol. The van der Waals surface area contributed by atoms with E-state index in [0.29, 0.717) is 28.9 Å². The van der Waals surface area contributed by atoms with Crippen molar-refractivity contribution < 1.29 is 59.9 Å². The molecule has 0 atom stereocenters. The number of ether oxygens (including phenoxy) is 4. The van der Waals surface area contributed by atoms with Gasteiger partial charge in [-0.2, -0.15) is 0 Å². The summed E-state index contributed by atoms with van der Waals surface area (Å²) in [4.78, 5) is 42.2. The molecular weight excluding hydrogens is 792 g/mol. The molecule has 0 aliphatic heterocycles. The Kier molecular flexibility index (Phi) is 13.5. The molecule has 0 spiro atoms. The van der Waals surface area contributed by atoms with Crippen LogP contribution in [-0.4, -0.2) is 52.7 Å². The number of nitrogens with zero attached hydrogens (tertiary/aromatic N) is 4. The lowest BCUT2D eigenvalue weighted by Crippen LogP contribution is -2.04. The molecule has 7 aromatic rings. The quantitative estimate of drug-likeness (QED) is 0.0616. The molecule has 3 aromatic carbocycles. The molecule has 0 saturated heterocycles. The van der Waals surface area contributed by atoms with Crippen molar-refractivity contribution in [2.75, 3.05) is 14.2 Å². The summed E-state index contributed by atoms with van der Waals surface area (Å²) in [6, 6.07) is 22.2. The fourth-order valence-electron chi connectivity index (χ4n) is 5.32. The van der Waals surface area contributed by atoms with E-state index in [0.717, 1.165) is 29.8 Å². The Hall–Kier alpha value is -7.95. The molecule has 0 radical (unpaired) electrons. The minimum Gasteiger partial charge on any atom is -0.473 e. The monoisotopic (exact) mass is 822 g/mol. The van der Waals surface area contributed by atoms with Crippen LogP contribution in [0.2, 0.25) is 0 Å². The zero-order valence-corrected chi connectivity index (χ0v) is 31.4. The SMILES string of the molecule is COC(=O)c1ccc(OCc2c(-c3ccc(F)c(F)c3)noc2/C=C/c2ccccc2)nc1.COC(=O)c1ccc(OCc2c(-c3ccc(F)c(F)c3)noc2C=O)nc1. The van der Waals surface area contributed by atoms with Gasteiger partial charge in [-0.1, -0.05) is 46.7 Å². The third-order valence-corrected chi connectivity index (χ3v) is 8.40. The van der Waals surface area contributed by atoms with Gasteiger partial charge in [-0.05, 0) is 60.2 Å². The highest BCUT2D eigenvalue weighted by atomic mass is 19.2. The molecule has 0 unspecified atom stereocenters. The first kappa shape index (κ1) is 41.7. The highest BCUT2D eigenvalue weighted by Crippen LogP contribution is 2.30. The Morgan fingerprint density at radius 3 is 1.52 bits per heavy atom. The zero-order chi connectivity index (χ0) is 42.6. The van der Waals surface area contributed by atoms with Gasteiger partial charge in [-0.25, -0.2) is 37.1 Å². The number of aromatic nitrogens is 4. The first-order valence-electron chi connectivity index (χ1n) is 17.5. The number of benzene rings is 3. The van der Waals surface area contributed by atoms with Gasteiger partial charge in [0.2, 0.25) is 17.5 Å². The van der Waals surface area contributed by atoms with E-state index in [1.165, 1.54) is 63.0 Å². The summed E-state index contributed by atoms with van der Waals surface area (Å²) >= 11 is 0. The van der Waals surface area contributed by atoms with Crippen LogP contribution in [0, 0.1) is 23.3 Å². The highest BCUT2D eigenvalue weighted by Gasteiger charge is 2.21. The number of hydrogen-bond donors (Lipinski definition) is 0. The maximum absolute atomic E-state index is 13.8. The van der Waals surface area contributed by atoms with Crippen LogP contribution in [0.1, 0.15) is 53.7 Å². The third kappa shape index (κ3) is 10.1. The van der Waals surface area contributed by atoms with Crippen molar-refractivity contribution in [3.8, 4) is 34.3 Å². The van der Waals surface area contributed by atoms with Crippen molar-refractivity contribution >= 4 is 30.4 Å². The first-order chi connectivity index (χ1) is 29.1. The summed E-state index contributed by atoms with van der Waals surface area (Å²) < 4.78 is 84.7. The second-order valence-corrected chi connectivity index (χ2v) is 12.2. The van der Waals surface area contributed by atoms with Gasteiger partial charge in [0.25, 0.3) is 0 Å². The van der Waals surface area contributed by atoms with Crippen molar-refractivity contribution in [2.45, 2.75) is 13.2 Å². The summed E-state index contributed by atoms with van der Waals surface area (Å²) in [5.74, 6) is -4.39. The average molecular weight is 823 g/mol. The minimum absolute atomic E-state index is 0.0170. The Morgan fingerprint density at radius 2 is 1.08 bits per heavy atom. The molecule has 0 aliphatic carbocycles. The van der Waals surface area contributed by atoms with Crippen LogP contribution in [0.3, 0.4) is 0 Å². The molecule has 60 heavy (non-hydrogen) atoms. The molecular formula is C43H30F4N4O9. The van der Waals surface area contributed by atoms with E-state index in [4.69, 9.17) is 18.5 Å². The van der Waals surface area contributed by atoms with Crippen LogP contribution in [0.4, 0.5) is 17.6 Å². The normalized spacial score (nSPS) is 10.8. The fourth-order valence-corrected chi connectivity index (χ4v) is 5.32. The molecule has 13 nitrogen and oxygen atoms in total. The van der Waals surface area contributed by atoms with Crippen LogP contribution in [0.5, 0.6) is 11.8 Å². The summed E-state index contributed by atoms with van der Waals surface area (Å²) in [6.07, 6.45) is 6.59. The molecule has 304 valence electrons. The number of esters is 2. The molecule has 0 aliphatic rings. The summed E-state index contributed by atoms with van der Waals surface area (Å²) in [5.41, 5.74) is 3.24. The second kappa shape index (κ2) is 19.5. The molecule has 17 heteroatoms. The third-order valence-electron chi connectivity index (χ3n) is 8.40. The van der Waals surface area contributed by atoms with Gasteiger partial charge in [0.05, 0.1) is 36.5 Å². The topological polar surface area (TPSA) is 166 Å². The number of hydrogen-bond acceptors (Lipinski definition) is 13. The zero-order valence-electron chi connectivity index (χ0n) is 31.4. The largest absolute Gasteiger partial charge is 0.473 e. The standard InChI is InChI=1S/C25H18F2N2O4.C18H12F2N2O5/c1-31-25(30)18-9-12-23(28-14-18)32-15-19-22(11-7-16-5-3-2-4-6-16)33-29-24(19)17-8-10-20(26)21(27)13-17;1-25-18(24)11-3-5-16(21-7-11)26-9-12-15(8-23)27-22-17(12)10-2-4-13(19)14(20)6-10/h2-14H,15H2,1H3;2-8H,9H2,1H3/b11-7+;. The molecule has 0 N–H and O–H groups in total. The number of pyridine rings is 2. The molecule has 0 saturated carbocycles. The number of halogens is 4. The minimum atomic E-state index is -1.06. The molecule has 4 aromatic heterocycles. The van der Waals surface area contributed by atoms with Crippen LogP contribution >= 0.6 is 0 Å². The van der Waals surface area contributed by atoms with Crippen LogP contribution < -0.4 is 9.47 Å². The van der Waals surface area contributed by atoms with E-state index >= 15 is 0 Å². The number of carbonyl (C=O) groups excluding carboxylic acids is 3. The van der Waals surface area contributed by atoms with Crippen molar-refractivity contribution in [2.24, 2.45) is 0 Å². The van der Waals surface area contributed by atoms with E-state index in [-0.39, 0.29) is 58.7 Å². The van der Waals surface area contributed by atoms with Gasteiger partial charge >= 0.3 is 11.9 Å². The molecule has 0 bridgehead atoms. The van der Waals surface area contributed by atoms with Crippen LogP contribution in [0.25, 0.3) is 34.7 Å². The Labute approximate surface area is 337 Å². The lowest BCUT2D eigenvalue weighted by atomic mass is 10.1. The first-order valence-corrected chi connectivity index (χ1v) is 17.5. The van der Waals surface area contributed by atoms with E-state index in [9.17, 15) is 31.9 Å². The van der Waals surface area contributed by atoms with Crippen molar-refractivity contribution in [1.29, 1.82) is 0 Å². The fraction of sp³-hybridized carbons (Fsp3) is 0.0930. The van der Waals surface area contributed by atoms with Crippen LogP contribution in [0.15, 0.2) is 112 Å². The number of carbonyl (C=O) groups is 3. The Morgan fingerprint density at radius 1 is 0.600 bits per heavy atom. The van der Waals surface area contributed by atoms with E-state index in [1.807, 2.05) is 36.4 Å². The van der Waals surface area contributed by atoms with Crippen LogP contribution in [-0.2, 0) is 22.7 Å². The predicted octanol–water partition coefficient (Wildman–Crippen LogP) is 8.74. The number of aldehydes is 1. The maximum Gasteiger partial charge on any atom is 0.339 e. The lowest BCUT2D eigenvalue weighted by molar-refractivity contribution is 0.0591. The molecule has 0 fully saturated rings. The van der Waals surface area contributed by atoms with Gasteiger partial charge in [-0.3, -0.25) is 4.79 Å². The number of methoxy groups -OCH3 is 2. The average Bonchev–Trinajstić information content (AvgIpc) is 3.90. The maximum atomic E-state index is 13.8. The smallest absolute Gasteiger partial charge is 0.339 e. The van der Waals surface area contributed by atoms with Crippen molar-refractivity contribution in [1.82, 2.24) is 20.3 Å².